The summed E-state index contributed by atoms with van der Waals surface area (Å²) in [4.78, 5) is 59.9. The van der Waals surface area contributed by atoms with Crippen LogP contribution < -0.4 is 16.4 Å². The quantitative estimate of drug-likeness (QED) is 0.277. The molecule has 4 N–H and O–H groups in total. The van der Waals surface area contributed by atoms with E-state index in [0.717, 1.165) is 12.8 Å². The first kappa shape index (κ1) is 24.5. The third kappa shape index (κ3) is 8.99. The van der Waals surface area contributed by atoms with Crippen molar-refractivity contribution in [1.82, 2.24) is 15.5 Å². The largest absolute Gasteiger partial charge is 0.345 e. The van der Waals surface area contributed by atoms with E-state index in [1.54, 1.807) is 6.92 Å². The van der Waals surface area contributed by atoms with Crippen LogP contribution in [0.15, 0.2) is 12.2 Å². The third-order valence-corrected chi connectivity index (χ3v) is 4.71. The molecule has 2 unspecified atom stereocenters. The van der Waals surface area contributed by atoms with Gasteiger partial charge < -0.3 is 16.4 Å². The maximum absolute atomic E-state index is 12.2. The van der Waals surface area contributed by atoms with E-state index in [0.29, 0.717) is 38.8 Å². The van der Waals surface area contributed by atoms with Gasteiger partial charge in [0.15, 0.2) is 5.78 Å². The number of unbranched alkanes of at least 4 members (excludes halogenated alkanes) is 3. The van der Waals surface area contributed by atoms with E-state index in [2.05, 4.69) is 10.6 Å². The highest BCUT2D eigenvalue weighted by Crippen LogP contribution is 2.08. The van der Waals surface area contributed by atoms with E-state index in [1.165, 1.54) is 24.0 Å². The van der Waals surface area contributed by atoms with Gasteiger partial charge in [0.2, 0.25) is 11.8 Å². The van der Waals surface area contributed by atoms with Gasteiger partial charge in [0, 0.05) is 25.1 Å². The number of amides is 4. The molecular weight excluding hydrogens is 376 g/mol. The lowest BCUT2D eigenvalue weighted by atomic mass is 10.1. The number of nitrogens with two attached hydrogens (primary N) is 1. The Morgan fingerprint density at radius 2 is 1.66 bits per heavy atom. The Labute approximate surface area is 171 Å². The summed E-state index contributed by atoms with van der Waals surface area (Å²) >= 11 is 0. The van der Waals surface area contributed by atoms with Crippen LogP contribution >= 0.6 is 0 Å². The minimum Gasteiger partial charge on any atom is -0.345 e. The summed E-state index contributed by atoms with van der Waals surface area (Å²) in [6.07, 6.45) is 6.66. The number of nitrogens with zero attached hydrogens (tertiary/aromatic N) is 1. The molecule has 0 aromatic heterocycles. The minimum absolute atomic E-state index is 0.126. The van der Waals surface area contributed by atoms with E-state index in [1.807, 2.05) is 0 Å². The van der Waals surface area contributed by atoms with Crippen LogP contribution in [-0.4, -0.2) is 59.5 Å². The highest BCUT2D eigenvalue weighted by molar-refractivity contribution is 6.12. The number of ketones is 1. The van der Waals surface area contributed by atoms with Gasteiger partial charge in [-0.3, -0.25) is 28.9 Å². The van der Waals surface area contributed by atoms with Crippen LogP contribution in [0.3, 0.4) is 0 Å². The van der Waals surface area contributed by atoms with Gasteiger partial charge in [-0.2, -0.15) is 0 Å². The summed E-state index contributed by atoms with van der Waals surface area (Å²) in [5, 5.41) is 5.30. The Bertz CT molecular complexity index is 629. The van der Waals surface area contributed by atoms with Crippen LogP contribution in [0, 0.1) is 0 Å². The van der Waals surface area contributed by atoms with Crippen molar-refractivity contribution >= 4 is 29.4 Å². The van der Waals surface area contributed by atoms with Crippen LogP contribution in [0.5, 0.6) is 0 Å². The second kappa shape index (κ2) is 12.8. The molecule has 1 heterocycles. The number of imide groups is 1. The van der Waals surface area contributed by atoms with Crippen molar-refractivity contribution in [2.75, 3.05) is 13.1 Å². The van der Waals surface area contributed by atoms with Crippen molar-refractivity contribution in [3.05, 3.63) is 12.2 Å². The number of hydrogen-bond acceptors (Lipinski definition) is 6. The van der Waals surface area contributed by atoms with Crippen molar-refractivity contribution in [3.8, 4) is 0 Å². The summed E-state index contributed by atoms with van der Waals surface area (Å²) in [6, 6.07) is -1.32. The number of carbonyl (C=O) groups is 5. The number of rotatable bonds is 14. The Morgan fingerprint density at radius 1 is 1.00 bits per heavy atom. The molecule has 0 aliphatic carbocycles. The van der Waals surface area contributed by atoms with E-state index < -0.39 is 18.0 Å². The number of Topliss-reactive ketones (excluding diaryl/α,β-unsaturated/α-hetero) is 1. The Balaban J connectivity index is 2.24. The van der Waals surface area contributed by atoms with Crippen LogP contribution in [0.4, 0.5) is 0 Å². The Kier molecular flexibility index (Phi) is 10.8. The van der Waals surface area contributed by atoms with Crippen molar-refractivity contribution in [2.24, 2.45) is 5.73 Å². The van der Waals surface area contributed by atoms with Crippen LogP contribution in [0.1, 0.15) is 58.8 Å². The molecule has 1 aliphatic rings. The number of hydrogen-bond donors (Lipinski definition) is 3. The lowest BCUT2D eigenvalue weighted by Crippen LogP contribution is -2.49. The van der Waals surface area contributed by atoms with Crippen LogP contribution in [0.2, 0.25) is 0 Å². The molecule has 2 atom stereocenters. The third-order valence-electron chi connectivity index (χ3n) is 4.71. The lowest BCUT2D eigenvalue weighted by molar-refractivity contribution is -0.137. The SMILES string of the molecule is CC(=O)C(CCCCN)NC(=O)C(C)NC(=O)CCCCCN1C(=O)C=CC1=O. The van der Waals surface area contributed by atoms with E-state index >= 15 is 0 Å². The van der Waals surface area contributed by atoms with Gasteiger partial charge >= 0.3 is 0 Å². The topological polar surface area (TPSA) is 139 Å². The van der Waals surface area contributed by atoms with Crippen molar-refractivity contribution < 1.29 is 24.0 Å². The zero-order valence-corrected chi connectivity index (χ0v) is 17.2. The van der Waals surface area contributed by atoms with Gasteiger partial charge in [-0.25, -0.2) is 0 Å². The Hall–Kier alpha value is -2.55. The maximum atomic E-state index is 12.2. The summed E-state index contributed by atoms with van der Waals surface area (Å²) in [7, 11) is 0. The second-order valence-electron chi connectivity index (χ2n) is 7.22. The Morgan fingerprint density at radius 3 is 2.24 bits per heavy atom. The molecule has 9 heteroatoms. The fourth-order valence-corrected chi connectivity index (χ4v) is 2.93. The predicted molar refractivity (Wildman–Crippen MR) is 107 cm³/mol. The van der Waals surface area contributed by atoms with Crippen LogP contribution in [0.25, 0.3) is 0 Å². The summed E-state index contributed by atoms with van der Waals surface area (Å²) in [5.41, 5.74) is 5.44. The first-order valence-corrected chi connectivity index (χ1v) is 10.1. The molecule has 0 saturated heterocycles. The fourth-order valence-electron chi connectivity index (χ4n) is 2.93. The maximum Gasteiger partial charge on any atom is 0.253 e. The molecule has 1 rings (SSSR count). The molecule has 0 fully saturated rings. The molecule has 162 valence electrons. The minimum atomic E-state index is -0.746. The van der Waals surface area contributed by atoms with Gasteiger partial charge in [0.05, 0.1) is 6.04 Å². The van der Waals surface area contributed by atoms with Gasteiger partial charge in [0.25, 0.3) is 11.8 Å². The molecular formula is C20H32N4O5. The summed E-state index contributed by atoms with van der Waals surface area (Å²) < 4.78 is 0. The molecule has 0 saturated carbocycles. The highest BCUT2D eigenvalue weighted by Gasteiger charge is 2.23. The van der Waals surface area contributed by atoms with Crippen LogP contribution in [-0.2, 0) is 24.0 Å². The number of carbonyl (C=O) groups excluding carboxylic acids is 5. The van der Waals surface area contributed by atoms with E-state index in [-0.39, 0.29) is 29.9 Å². The van der Waals surface area contributed by atoms with Crippen molar-refractivity contribution in [1.29, 1.82) is 0 Å². The van der Waals surface area contributed by atoms with Crippen molar-refractivity contribution in [2.45, 2.75) is 70.9 Å². The summed E-state index contributed by atoms with van der Waals surface area (Å²) in [5.74, 6) is -1.40. The molecule has 0 spiro atoms. The van der Waals surface area contributed by atoms with E-state index in [9.17, 15) is 24.0 Å². The zero-order chi connectivity index (χ0) is 21.8. The normalized spacial score (nSPS) is 15.3. The molecule has 0 aromatic carbocycles. The molecule has 9 nitrogen and oxygen atoms in total. The highest BCUT2D eigenvalue weighted by atomic mass is 16.2. The summed E-state index contributed by atoms with van der Waals surface area (Å²) in [6.45, 7) is 3.87. The first-order valence-electron chi connectivity index (χ1n) is 10.1. The average molecular weight is 408 g/mol. The van der Waals surface area contributed by atoms with Gasteiger partial charge in [-0.1, -0.05) is 6.42 Å². The van der Waals surface area contributed by atoms with Gasteiger partial charge in [0.1, 0.15) is 6.04 Å². The molecule has 0 aromatic rings. The zero-order valence-electron chi connectivity index (χ0n) is 17.2. The van der Waals surface area contributed by atoms with Crippen molar-refractivity contribution in [3.63, 3.8) is 0 Å². The first-order chi connectivity index (χ1) is 13.8. The molecule has 4 amide bonds. The lowest BCUT2D eigenvalue weighted by Gasteiger charge is -2.19. The second-order valence-corrected chi connectivity index (χ2v) is 7.22. The predicted octanol–water partition coefficient (Wildman–Crippen LogP) is 0.179. The average Bonchev–Trinajstić information content (AvgIpc) is 2.98. The van der Waals surface area contributed by atoms with Gasteiger partial charge in [-0.15, -0.1) is 0 Å². The standard InChI is InChI=1S/C20H32N4O5/c1-14(20(29)23-16(15(2)25)8-5-6-12-21)22-17(26)9-4-3-7-13-24-18(27)10-11-19(24)28/h10-11,14,16H,3-9,12-13,21H2,1-2H3,(H,22,26)(H,23,29). The molecule has 0 radical (unpaired) electrons. The monoisotopic (exact) mass is 408 g/mol. The molecule has 1 aliphatic heterocycles. The van der Waals surface area contributed by atoms with E-state index in [4.69, 9.17) is 5.73 Å². The molecule has 29 heavy (non-hydrogen) atoms. The fraction of sp³-hybridized carbons (Fsp3) is 0.650. The van der Waals surface area contributed by atoms with Gasteiger partial charge in [-0.05, 0) is 52.5 Å². The smallest absolute Gasteiger partial charge is 0.253 e. The number of nitrogens with one attached hydrogen (secondary N) is 2. The molecule has 0 bridgehead atoms.